The maximum Gasteiger partial charge on any atom is 0.326 e. The third-order valence-corrected chi connectivity index (χ3v) is 5.53. The molecule has 0 spiro atoms. The van der Waals surface area contributed by atoms with Crippen molar-refractivity contribution in [3.05, 3.63) is 59.3 Å². The van der Waals surface area contributed by atoms with Gasteiger partial charge in [-0.1, -0.05) is 26.8 Å². The molecule has 6 nitrogen and oxygen atoms in total. The predicted octanol–water partition coefficient (Wildman–Crippen LogP) is 5.62. The van der Waals surface area contributed by atoms with Crippen LogP contribution >= 0.6 is 0 Å². The Balaban J connectivity index is 2.25. The number of phenols is 2. The highest BCUT2D eigenvalue weighted by atomic mass is 16.3. The van der Waals surface area contributed by atoms with Gasteiger partial charge in [0.15, 0.2) is 0 Å². The zero-order valence-corrected chi connectivity index (χ0v) is 19.0. The van der Waals surface area contributed by atoms with Crippen LogP contribution in [-0.4, -0.2) is 27.9 Å². The second-order valence-corrected chi connectivity index (χ2v) is 8.10. The summed E-state index contributed by atoms with van der Waals surface area (Å²) in [6.07, 6.45) is 4.63. The van der Waals surface area contributed by atoms with Crippen LogP contribution < -0.4 is 10.2 Å². The molecule has 1 aromatic heterocycles. The highest BCUT2D eigenvalue weighted by Gasteiger charge is 2.25. The van der Waals surface area contributed by atoms with E-state index in [9.17, 15) is 15.0 Å². The van der Waals surface area contributed by atoms with E-state index in [0.717, 1.165) is 16.5 Å². The van der Waals surface area contributed by atoms with Gasteiger partial charge in [0.2, 0.25) is 0 Å². The summed E-state index contributed by atoms with van der Waals surface area (Å²) in [6, 6.07) is 8.69. The van der Waals surface area contributed by atoms with E-state index in [1.165, 1.54) is 6.07 Å². The molecule has 0 saturated carbocycles. The third kappa shape index (κ3) is 4.10. The molecule has 0 fully saturated rings. The van der Waals surface area contributed by atoms with Gasteiger partial charge in [-0.25, -0.2) is 4.79 Å². The average Bonchev–Trinajstić information content (AvgIpc) is 3.00. The van der Waals surface area contributed by atoms with E-state index in [4.69, 9.17) is 0 Å². The molecule has 6 heteroatoms. The molecule has 0 unspecified atom stereocenters. The lowest BCUT2D eigenvalue weighted by Crippen LogP contribution is -2.37. The fourth-order valence-electron chi connectivity index (χ4n) is 3.97. The average molecular weight is 422 g/mol. The number of benzene rings is 2. The van der Waals surface area contributed by atoms with E-state index in [2.05, 4.69) is 16.1 Å². The van der Waals surface area contributed by atoms with Gasteiger partial charge in [-0.3, -0.25) is 4.90 Å². The van der Waals surface area contributed by atoms with Gasteiger partial charge >= 0.3 is 6.03 Å². The summed E-state index contributed by atoms with van der Waals surface area (Å²) in [6.45, 7) is 7.97. The molecule has 0 saturated heterocycles. The van der Waals surface area contributed by atoms with E-state index in [-0.39, 0.29) is 23.4 Å². The van der Waals surface area contributed by atoms with Crippen molar-refractivity contribution in [3.8, 4) is 11.5 Å². The first-order chi connectivity index (χ1) is 14.7. The van der Waals surface area contributed by atoms with Crippen LogP contribution in [0.25, 0.3) is 16.6 Å². The van der Waals surface area contributed by atoms with Crippen molar-refractivity contribution < 1.29 is 15.0 Å². The van der Waals surface area contributed by atoms with Crippen molar-refractivity contribution in [2.75, 3.05) is 11.9 Å². The Morgan fingerprint density at radius 3 is 2.52 bits per heavy atom. The number of carbonyl (C=O) groups is 1. The van der Waals surface area contributed by atoms with Crippen LogP contribution in [0.3, 0.4) is 0 Å². The first-order valence-electron chi connectivity index (χ1n) is 10.5. The van der Waals surface area contributed by atoms with Gasteiger partial charge in [0.1, 0.15) is 11.5 Å². The fraction of sp³-hybridized carbons (Fsp3) is 0.320. The number of aromatic hydroxyl groups is 2. The molecule has 2 amide bonds. The molecular formula is C25H31N3O3. The van der Waals surface area contributed by atoms with Crippen molar-refractivity contribution in [2.45, 2.75) is 40.0 Å². The SMILES string of the molecule is CCC=C(c1cc(C(C)C)c(O)cc1O)N(C(=O)NC)c1ccc2c(c1)c(C)cn2C. The number of hydrogen-bond donors (Lipinski definition) is 3. The van der Waals surface area contributed by atoms with E-state index in [1.54, 1.807) is 18.0 Å². The molecule has 0 bridgehead atoms. The molecule has 164 valence electrons. The zero-order chi connectivity index (χ0) is 22.9. The molecule has 0 atom stereocenters. The summed E-state index contributed by atoms with van der Waals surface area (Å²) in [5.41, 5.74) is 4.66. The summed E-state index contributed by atoms with van der Waals surface area (Å²) >= 11 is 0. The molecule has 31 heavy (non-hydrogen) atoms. The molecular weight excluding hydrogens is 390 g/mol. The smallest absolute Gasteiger partial charge is 0.326 e. The normalized spacial score (nSPS) is 11.9. The Morgan fingerprint density at radius 2 is 1.90 bits per heavy atom. The number of nitrogens with one attached hydrogen (secondary N) is 1. The van der Waals surface area contributed by atoms with E-state index in [0.29, 0.717) is 28.9 Å². The van der Waals surface area contributed by atoms with Crippen LogP contribution in [0.2, 0.25) is 0 Å². The number of nitrogens with zero attached hydrogens (tertiary/aromatic N) is 2. The molecule has 3 aromatic rings. The lowest BCUT2D eigenvalue weighted by molar-refractivity contribution is 0.250. The van der Waals surface area contributed by atoms with E-state index in [1.807, 2.05) is 59.0 Å². The highest BCUT2D eigenvalue weighted by molar-refractivity contribution is 6.07. The Bertz CT molecular complexity index is 1160. The molecule has 0 aliphatic rings. The molecule has 1 heterocycles. The van der Waals surface area contributed by atoms with Crippen molar-refractivity contribution in [1.82, 2.24) is 9.88 Å². The summed E-state index contributed by atoms with van der Waals surface area (Å²) in [5, 5.41) is 24.8. The Kier molecular flexibility index (Phi) is 6.29. The topological polar surface area (TPSA) is 77.7 Å². The number of phenolic OH excluding ortho intramolecular Hbond substituents is 2. The fourth-order valence-corrected chi connectivity index (χ4v) is 3.97. The number of amides is 2. The van der Waals surface area contributed by atoms with Gasteiger partial charge in [-0.05, 0) is 54.7 Å². The summed E-state index contributed by atoms with van der Waals surface area (Å²) in [5.74, 6) is 0.0198. The molecule has 3 N–H and O–H groups in total. The van der Waals surface area contributed by atoms with Crippen molar-refractivity contribution >= 4 is 28.3 Å². The first kappa shape index (κ1) is 22.3. The Hall–Kier alpha value is -3.41. The number of aromatic nitrogens is 1. The van der Waals surface area contributed by atoms with Gasteiger partial charge in [0.25, 0.3) is 0 Å². The quantitative estimate of drug-likeness (QED) is 0.500. The van der Waals surface area contributed by atoms with Gasteiger partial charge < -0.3 is 20.1 Å². The highest BCUT2D eigenvalue weighted by Crippen LogP contribution is 2.39. The summed E-state index contributed by atoms with van der Waals surface area (Å²) < 4.78 is 2.06. The predicted molar refractivity (Wildman–Crippen MR) is 127 cm³/mol. The van der Waals surface area contributed by atoms with Gasteiger partial charge in [-0.15, -0.1) is 0 Å². The van der Waals surface area contributed by atoms with Crippen LogP contribution in [0, 0.1) is 6.92 Å². The largest absolute Gasteiger partial charge is 0.508 e. The number of aryl methyl sites for hydroxylation is 2. The minimum Gasteiger partial charge on any atom is -0.508 e. The van der Waals surface area contributed by atoms with Crippen LogP contribution in [0.4, 0.5) is 10.5 Å². The third-order valence-electron chi connectivity index (χ3n) is 5.53. The number of rotatable bonds is 5. The van der Waals surface area contributed by atoms with Crippen molar-refractivity contribution in [2.24, 2.45) is 7.05 Å². The lowest BCUT2D eigenvalue weighted by Gasteiger charge is -2.27. The maximum atomic E-state index is 13.1. The van der Waals surface area contributed by atoms with Crippen LogP contribution in [0.1, 0.15) is 49.8 Å². The van der Waals surface area contributed by atoms with Crippen LogP contribution in [-0.2, 0) is 7.05 Å². The minimum atomic E-state index is -0.314. The second kappa shape index (κ2) is 8.76. The van der Waals surface area contributed by atoms with Crippen molar-refractivity contribution in [1.29, 1.82) is 0 Å². The number of hydrogen-bond acceptors (Lipinski definition) is 3. The molecule has 2 aromatic carbocycles. The maximum absolute atomic E-state index is 13.1. The number of fused-ring (bicyclic) bond motifs is 1. The van der Waals surface area contributed by atoms with E-state index >= 15 is 0 Å². The number of carbonyl (C=O) groups excluding carboxylic acids is 1. The first-order valence-corrected chi connectivity index (χ1v) is 10.5. The van der Waals surface area contributed by atoms with Crippen LogP contribution in [0.5, 0.6) is 11.5 Å². The minimum absolute atomic E-state index is 0.0416. The number of urea groups is 1. The molecule has 0 aliphatic carbocycles. The number of anilines is 1. The van der Waals surface area contributed by atoms with Gasteiger partial charge in [0, 0.05) is 42.8 Å². The monoisotopic (exact) mass is 421 g/mol. The van der Waals surface area contributed by atoms with Gasteiger partial charge in [-0.2, -0.15) is 0 Å². The van der Waals surface area contributed by atoms with Gasteiger partial charge in [0.05, 0.1) is 11.4 Å². The van der Waals surface area contributed by atoms with E-state index < -0.39 is 0 Å². The summed E-state index contributed by atoms with van der Waals surface area (Å²) in [7, 11) is 3.58. The summed E-state index contributed by atoms with van der Waals surface area (Å²) in [4.78, 5) is 14.6. The molecule has 3 rings (SSSR count). The Labute approximate surface area is 183 Å². The lowest BCUT2D eigenvalue weighted by atomic mass is 9.96. The number of allylic oxidation sites excluding steroid dienone is 1. The van der Waals surface area contributed by atoms with Crippen LogP contribution in [0.15, 0.2) is 42.6 Å². The standard InChI is InChI=1S/C25H31N3O3/c1-7-8-22(20-12-18(15(2)3)23(29)13-24(20)30)28(25(31)26-5)17-9-10-21-19(11-17)16(4)14-27(21)6/h8-15,29-30H,7H2,1-6H3,(H,26,31). The second-order valence-electron chi connectivity index (χ2n) is 8.10. The van der Waals surface area contributed by atoms with Crippen molar-refractivity contribution in [3.63, 3.8) is 0 Å². The Morgan fingerprint density at radius 1 is 1.19 bits per heavy atom. The molecule has 0 aliphatic heterocycles. The zero-order valence-electron chi connectivity index (χ0n) is 19.0. The molecule has 0 radical (unpaired) electrons.